The van der Waals surface area contributed by atoms with Gasteiger partial charge in [0.2, 0.25) is 0 Å². The first kappa shape index (κ1) is 11.1. The van der Waals surface area contributed by atoms with E-state index in [9.17, 15) is 0 Å². The number of hydrogen-bond acceptors (Lipinski definition) is 4. The van der Waals surface area contributed by atoms with Crippen LogP contribution in [0.2, 0.25) is 0 Å². The SMILES string of the molecule is Cc1cnc(N)c(C(N)c2cscc2C)c1. The molecule has 0 amide bonds. The third-order valence-corrected chi connectivity index (χ3v) is 3.53. The number of aromatic nitrogens is 1. The highest BCUT2D eigenvalue weighted by molar-refractivity contribution is 7.08. The lowest BCUT2D eigenvalue weighted by molar-refractivity contribution is 0.862. The lowest BCUT2D eigenvalue weighted by Crippen LogP contribution is -2.15. The number of nitrogens with two attached hydrogens (primary N) is 2. The van der Waals surface area contributed by atoms with Crippen LogP contribution in [0.1, 0.15) is 28.3 Å². The van der Waals surface area contributed by atoms with E-state index in [0.29, 0.717) is 5.82 Å². The Balaban J connectivity index is 2.45. The molecule has 3 nitrogen and oxygen atoms in total. The van der Waals surface area contributed by atoms with Gasteiger partial charge in [-0.15, -0.1) is 0 Å². The maximum Gasteiger partial charge on any atom is 0.128 e. The van der Waals surface area contributed by atoms with Crippen LogP contribution in [0.5, 0.6) is 0 Å². The molecule has 0 aliphatic carbocycles. The molecule has 1 atom stereocenters. The fourth-order valence-electron chi connectivity index (χ4n) is 1.71. The summed E-state index contributed by atoms with van der Waals surface area (Å²) in [4.78, 5) is 4.14. The Morgan fingerprint density at radius 1 is 1.25 bits per heavy atom. The van der Waals surface area contributed by atoms with Crippen LogP contribution in [0.25, 0.3) is 0 Å². The Morgan fingerprint density at radius 3 is 2.62 bits per heavy atom. The number of thiophene rings is 1. The minimum absolute atomic E-state index is 0.182. The first-order valence-electron chi connectivity index (χ1n) is 5.10. The van der Waals surface area contributed by atoms with E-state index in [0.717, 1.165) is 16.7 Å². The van der Waals surface area contributed by atoms with Crippen molar-refractivity contribution in [1.29, 1.82) is 0 Å². The number of pyridine rings is 1. The number of nitrogens with zero attached hydrogens (tertiary/aromatic N) is 1. The number of hydrogen-bond donors (Lipinski definition) is 2. The van der Waals surface area contributed by atoms with E-state index in [1.165, 1.54) is 5.56 Å². The lowest BCUT2D eigenvalue weighted by atomic mass is 9.99. The molecule has 0 bridgehead atoms. The van der Waals surface area contributed by atoms with Crippen molar-refractivity contribution in [2.24, 2.45) is 5.73 Å². The summed E-state index contributed by atoms with van der Waals surface area (Å²) < 4.78 is 0. The first-order chi connectivity index (χ1) is 7.59. The molecule has 2 rings (SSSR count). The highest BCUT2D eigenvalue weighted by Gasteiger charge is 2.15. The second-order valence-corrected chi connectivity index (χ2v) is 4.72. The van der Waals surface area contributed by atoms with Crippen LogP contribution < -0.4 is 11.5 Å². The molecule has 4 heteroatoms. The summed E-state index contributed by atoms with van der Waals surface area (Å²) in [5.74, 6) is 0.517. The van der Waals surface area contributed by atoms with E-state index in [1.54, 1.807) is 17.5 Å². The van der Waals surface area contributed by atoms with E-state index in [1.807, 2.05) is 13.0 Å². The van der Waals surface area contributed by atoms with E-state index in [4.69, 9.17) is 11.5 Å². The third kappa shape index (κ3) is 1.94. The fraction of sp³-hybridized carbons (Fsp3) is 0.250. The van der Waals surface area contributed by atoms with Crippen molar-refractivity contribution in [1.82, 2.24) is 4.98 Å². The Kier molecular flexibility index (Phi) is 2.94. The van der Waals surface area contributed by atoms with Crippen LogP contribution >= 0.6 is 11.3 Å². The number of rotatable bonds is 2. The molecule has 2 aromatic rings. The molecule has 0 spiro atoms. The summed E-state index contributed by atoms with van der Waals surface area (Å²) in [6.07, 6.45) is 1.76. The summed E-state index contributed by atoms with van der Waals surface area (Å²) in [5.41, 5.74) is 16.4. The number of anilines is 1. The lowest BCUT2D eigenvalue weighted by Gasteiger charge is -2.14. The largest absolute Gasteiger partial charge is 0.383 e. The average molecular weight is 233 g/mol. The standard InChI is InChI=1S/C12H15N3S/c1-7-3-9(12(14)15-4-7)11(13)10-6-16-5-8(10)2/h3-6,11H,13H2,1-2H3,(H2,14,15). The van der Waals surface area contributed by atoms with Crippen molar-refractivity contribution >= 4 is 17.2 Å². The van der Waals surface area contributed by atoms with Crippen molar-refractivity contribution in [3.8, 4) is 0 Å². The van der Waals surface area contributed by atoms with Crippen molar-refractivity contribution in [2.75, 3.05) is 5.73 Å². The van der Waals surface area contributed by atoms with Gasteiger partial charge in [-0.2, -0.15) is 11.3 Å². The molecular weight excluding hydrogens is 218 g/mol. The van der Waals surface area contributed by atoms with E-state index >= 15 is 0 Å². The molecule has 0 aliphatic rings. The minimum atomic E-state index is -0.182. The molecule has 16 heavy (non-hydrogen) atoms. The average Bonchev–Trinajstić information content (AvgIpc) is 2.67. The van der Waals surface area contributed by atoms with Crippen LogP contribution in [0.3, 0.4) is 0 Å². The molecule has 2 heterocycles. The molecule has 0 radical (unpaired) electrons. The van der Waals surface area contributed by atoms with Gasteiger partial charge < -0.3 is 11.5 Å². The Morgan fingerprint density at radius 2 is 2.00 bits per heavy atom. The van der Waals surface area contributed by atoms with Gasteiger partial charge in [0.15, 0.2) is 0 Å². The molecule has 0 saturated carbocycles. The van der Waals surface area contributed by atoms with Crippen molar-refractivity contribution in [3.05, 3.63) is 45.3 Å². The quantitative estimate of drug-likeness (QED) is 0.837. The van der Waals surface area contributed by atoms with Gasteiger partial charge in [0, 0.05) is 11.8 Å². The predicted octanol–water partition coefficient (Wildman–Crippen LogP) is 2.39. The zero-order chi connectivity index (χ0) is 11.7. The van der Waals surface area contributed by atoms with E-state index in [2.05, 4.69) is 22.7 Å². The summed E-state index contributed by atoms with van der Waals surface area (Å²) in [7, 11) is 0. The third-order valence-electron chi connectivity index (χ3n) is 2.65. The van der Waals surface area contributed by atoms with Gasteiger partial charge in [0.1, 0.15) is 5.82 Å². The van der Waals surface area contributed by atoms with Gasteiger partial charge in [-0.3, -0.25) is 0 Å². The van der Waals surface area contributed by atoms with Crippen LogP contribution in [0.4, 0.5) is 5.82 Å². The van der Waals surface area contributed by atoms with Crippen molar-refractivity contribution in [2.45, 2.75) is 19.9 Å². The topological polar surface area (TPSA) is 64.9 Å². The zero-order valence-electron chi connectivity index (χ0n) is 9.40. The maximum atomic E-state index is 6.22. The predicted molar refractivity (Wildman–Crippen MR) is 68.5 cm³/mol. The Hall–Kier alpha value is -1.39. The van der Waals surface area contributed by atoms with Crippen LogP contribution in [-0.2, 0) is 0 Å². The van der Waals surface area contributed by atoms with Crippen LogP contribution in [0, 0.1) is 13.8 Å². The Labute approximate surface area is 99.1 Å². The molecule has 0 aromatic carbocycles. The number of aryl methyl sites for hydroxylation is 2. The highest BCUT2D eigenvalue weighted by Crippen LogP contribution is 2.28. The molecule has 2 aromatic heterocycles. The molecule has 4 N–H and O–H groups in total. The van der Waals surface area contributed by atoms with Crippen molar-refractivity contribution in [3.63, 3.8) is 0 Å². The second-order valence-electron chi connectivity index (χ2n) is 3.97. The van der Waals surface area contributed by atoms with Gasteiger partial charge >= 0.3 is 0 Å². The minimum Gasteiger partial charge on any atom is -0.383 e. The molecule has 0 fully saturated rings. The van der Waals surface area contributed by atoms with Gasteiger partial charge in [-0.05, 0) is 47.4 Å². The normalized spacial score (nSPS) is 12.7. The molecule has 1 unspecified atom stereocenters. The van der Waals surface area contributed by atoms with Gasteiger partial charge in [0.05, 0.1) is 6.04 Å². The Bertz CT molecular complexity index is 505. The first-order valence-corrected chi connectivity index (χ1v) is 6.04. The van der Waals surface area contributed by atoms with Crippen LogP contribution in [0.15, 0.2) is 23.0 Å². The maximum absolute atomic E-state index is 6.22. The van der Waals surface area contributed by atoms with Gasteiger partial charge in [-0.1, -0.05) is 0 Å². The monoisotopic (exact) mass is 233 g/mol. The molecular formula is C12H15N3S. The smallest absolute Gasteiger partial charge is 0.128 e. The zero-order valence-corrected chi connectivity index (χ0v) is 10.2. The van der Waals surface area contributed by atoms with Gasteiger partial charge in [-0.25, -0.2) is 4.98 Å². The second kappa shape index (κ2) is 4.23. The molecule has 84 valence electrons. The van der Waals surface area contributed by atoms with Crippen LogP contribution in [-0.4, -0.2) is 4.98 Å². The fourth-order valence-corrected chi connectivity index (χ4v) is 2.60. The number of nitrogen functional groups attached to an aromatic ring is 1. The summed E-state index contributed by atoms with van der Waals surface area (Å²) in [6.45, 7) is 4.05. The highest BCUT2D eigenvalue weighted by atomic mass is 32.1. The summed E-state index contributed by atoms with van der Waals surface area (Å²) in [5, 5.41) is 4.16. The van der Waals surface area contributed by atoms with E-state index < -0.39 is 0 Å². The molecule has 0 saturated heterocycles. The summed E-state index contributed by atoms with van der Waals surface area (Å²) >= 11 is 1.66. The van der Waals surface area contributed by atoms with E-state index in [-0.39, 0.29) is 6.04 Å². The van der Waals surface area contributed by atoms with Gasteiger partial charge in [0.25, 0.3) is 0 Å². The summed E-state index contributed by atoms with van der Waals surface area (Å²) in [6, 6.07) is 1.82. The van der Waals surface area contributed by atoms with Crippen molar-refractivity contribution < 1.29 is 0 Å². The molecule has 0 aliphatic heterocycles.